The van der Waals surface area contributed by atoms with Gasteiger partial charge in [0, 0.05) is 37.9 Å². The van der Waals surface area contributed by atoms with Crippen LogP contribution in [0.5, 0.6) is 0 Å². The summed E-state index contributed by atoms with van der Waals surface area (Å²) in [5.41, 5.74) is 2.02. The molecule has 3 saturated heterocycles. The van der Waals surface area contributed by atoms with E-state index in [0.29, 0.717) is 12.0 Å². The fraction of sp³-hybridized carbons (Fsp3) is 0.588. The summed E-state index contributed by atoms with van der Waals surface area (Å²) >= 11 is 0. The standard InChI is InChI=1S/C17H23N3O/c21-17(20-11-13-7-8-18-15(13)12-20)14-5-1-2-6-16(14)19-9-3-4-10-19/h1-2,5-6,13,15,18H,3-4,7-12H2/t13-,15+/m0/s1. The number of hydrogen-bond acceptors (Lipinski definition) is 3. The Morgan fingerprint density at radius 3 is 2.76 bits per heavy atom. The maximum absolute atomic E-state index is 12.9. The molecule has 0 bridgehead atoms. The van der Waals surface area contributed by atoms with Gasteiger partial charge in [-0.05, 0) is 43.9 Å². The van der Waals surface area contributed by atoms with E-state index in [1.165, 1.54) is 19.3 Å². The van der Waals surface area contributed by atoms with Crippen molar-refractivity contribution in [1.29, 1.82) is 0 Å². The summed E-state index contributed by atoms with van der Waals surface area (Å²) in [6, 6.07) is 8.66. The van der Waals surface area contributed by atoms with Crippen molar-refractivity contribution in [2.45, 2.75) is 25.3 Å². The Labute approximate surface area is 126 Å². The highest BCUT2D eigenvalue weighted by Gasteiger charge is 2.38. The molecule has 1 aromatic carbocycles. The van der Waals surface area contributed by atoms with Gasteiger partial charge in [-0.3, -0.25) is 4.79 Å². The van der Waals surface area contributed by atoms with E-state index in [1.54, 1.807) is 0 Å². The molecule has 0 saturated carbocycles. The number of para-hydroxylation sites is 1. The predicted octanol–water partition coefficient (Wildman–Crippen LogP) is 1.72. The zero-order valence-electron chi connectivity index (χ0n) is 12.4. The third kappa shape index (κ3) is 2.31. The Morgan fingerprint density at radius 2 is 1.95 bits per heavy atom. The fourth-order valence-corrected chi connectivity index (χ4v) is 4.07. The molecule has 1 amide bonds. The number of rotatable bonds is 2. The number of hydrogen-bond donors (Lipinski definition) is 1. The average molecular weight is 285 g/mol. The van der Waals surface area contributed by atoms with Gasteiger partial charge in [-0.25, -0.2) is 0 Å². The summed E-state index contributed by atoms with van der Waals surface area (Å²) in [6.07, 6.45) is 3.68. The SMILES string of the molecule is O=C(c1ccccc1N1CCCC1)N1C[C@@H]2CCN[C@@H]2C1. The van der Waals surface area contributed by atoms with Crippen LogP contribution in [0.15, 0.2) is 24.3 Å². The molecule has 4 rings (SSSR count). The van der Waals surface area contributed by atoms with E-state index in [2.05, 4.69) is 21.2 Å². The van der Waals surface area contributed by atoms with Gasteiger partial charge in [0.25, 0.3) is 5.91 Å². The lowest BCUT2D eigenvalue weighted by Crippen LogP contribution is -2.35. The minimum absolute atomic E-state index is 0.216. The van der Waals surface area contributed by atoms with Crippen molar-refractivity contribution in [3.63, 3.8) is 0 Å². The van der Waals surface area contributed by atoms with Gasteiger partial charge in [0.1, 0.15) is 0 Å². The number of fused-ring (bicyclic) bond motifs is 1. The molecule has 0 unspecified atom stereocenters. The zero-order valence-corrected chi connectivity index (χ0v) is 12.4. The topological polar surface area (TPSA) is 35.6 Å². The van der Waals surface area contributed by atoms with Crippen LogP contribution in [-0.4, -0.2) is 49.6 Å². The number of carbonyl (C=O) groups is 1. The van der Waals surface area contributed by atoms with Crippen LogP contribution in [0, 0.1) is 5.92 Å². The van der Waals surface area contributed by atoms with Gasteiger partial charge in [0.2, 0.25) is 0 Å². The highest BCUT2D eigenvalue weighted by atomic mass is 16.2. The van der Waals surface area contributed by atoms with Crippen LogP contribution in [0.2, 0.25) is 0 Å². The highest BCUT2D eigenvalue weighted by molar-refractivity contribution is 6.00. The Hall–Kier alpha value is -1.55. The van der Waals surface area contributed by atoms with Crippen molar-refractivity contribution >= 4 is 11.6 Å². The molecule has 3 fully saturated rings. The molecule has 4 heteroatoms. The maximum atomic E-state index is 12.9. The first-order valence-corrected chi connectivity index (χ1v) is 8.19. The Kier molecular flexibility index (Phi) is 3.34. The molecular formula is C17H23N3O. The van der Waals surface area contributed by atoms with Crippen molar-refractivity contribution in [2.75, 3.05) is 37.6 Å². The zero-order chi connectivity index (χ0) is 14.2. The summed E-state index contributed by atoms with van der Waals surface area (Å²) in [6.45, 7) is 5.07. The molecule has 0 radical (unpaired) electrons. The molecule has 0 aliphatic carbocycles. The summed E-state index contributed by atoms with van der Waals surface area (Å²) in [4.78, 5) is 17.3. The number of anilines is 1. The molecule has 21 heavy (non-hydrogen) atoms. The van der Waals surface area contributed by atoms with E-state index in [-0.39, 0.29) is 5.91 Å². The molecule has 4 nitrogen and oxygen atoms in total. The van der Waals surface area contributed by atoms with Crippen LogP contribution >= 0.6 is 0 Å². The van der Waals surface area contributed by atoms with E-state index in [4.69, 9.17) is 0 Å². The first kappa shape index (κ1) is 13.1. The largest absolute Gasteiger partial charge is 0.371 e. The van der Waals surface area contributed by atoms with E-state index < -0.39 is 0 Å². The van der Waals surface area contributed by atoms with E-state index in [9.17, 15) is 4.79 Å². The van der Waals surface area contributed by atoms with Crippen molar-refractivity contribution in [2.24, 2.45) is 5.92 Å². The third-order valence-corrected chi connectivity index (χ3v) is 5.23. The highest BCUT2D eigenvalue weighted by Crippen LogP contribution is 2.29. The van der Waals surface area contributed by atoms with Crippen LogP contribution in [-0.2, 0) is 0 Å². The van der Waals surface area contributed by atoms with Crippen LogP contribution in [0.4, 0.5) is 5.69 Å². The number of amides is 1. The van der Waals surface area contributed by atoms with Crippen molar-refractivity contribution in [1.82, 2.24) is 10.2 Å². The van der Waals surface area contributed by atoms with Gasteiger partial charge in [0.05, 0.1) is 5.56 Å². The van der Waals surface area contributed by atoms with E-state index in [1.807, 2.05) is 18.2 Å². The number of nitrogens with one attached hydrogen (secondary N) is 1. The molecule has 3 aliphatic heterocycles. The van der Waals surface area contributed by atoms with E-state index in [0.717, 1.165) is 44.0 Å². The molecule has 112 valence electrons. The smallest absolute Gasteiger partial charge is 0.256 e. The van der Waals surface area contributed by atoms with Crippen LogP contribution < -0.4 is 10.2 Å². The first-order chi connectivity index (χ1) is 10.3. The quantitative estimate of drug-likeness (QED) is 0.899. The van der Waals surface area contributed by atoms with Crippen LogP contribution in [0.1, 0.15) is 29.6 Å². The van der Waals surface area contributed by atoms with Gasteiger partial charge >= 0.3 is 0 Å². The Bertz CT molecular complexity index is 527. The van der Waals surface area contributed by atoms with E-state index >= 15 is 0 Å². The molecule has 1 aromatic rings. The third-order valence-electron chi connectivity index (χ3n) is 5.23. The lowest BCUT2D eigenvalue weighted by molar-refractivity contribution is 0.0783. The molecule has 1 N–H and O–H groups in total. The second kappa shape index (κ2) is 5.34. The summed E-state index contributed by atoms with van der Waals surface area (Å²) in [5, 5.41) is 3.52. The summed E-state index contributed by atoms with van der Waals surface area (Å²) in [5.74, 6) is 0.876. The minimum atomic E-state index is 0.216. The average Bonchev–Trinajstić information content (AvgIpc) is 3.22. The normalized spacial score (nSPS) is 28.2. The second-order valence-corrected chi connectivity index (χ2v) is 6.53. The first-order valence-electron chi connectivity index (χ1n) is 8.19. The number of carbonyl (C=O) groups excluding carboxylic acids is 1. The van der Waals surface area contributed by atoms with Crippen molar-refractivity contribution in [3.05, 3.63) is 29.8 Å². The van der Waals surface area contributed by atoms with Gasteiger partial charge in [0.15, 0.2) is 0 Å². The van der Waals surface area contributed by atoms with Gasteiger partial charge in [-0.1, -0.05) is 12.1 Å². The van der Waals surface area contributed by atoms with Crippen molar-refractivity contribution < 1.29 is 4.79 Å². The number of benzene rings is 1. The second-order valence-electron chi connectivity index (χ2n) is 6.53. The minimum Gasteiger partial charge on any atom is -0.371 e. The fourth-order valence-electron chi connectivity index (χ4n) is 4.07. The Balaban J connectivity index is 1.57. The molecule has 2 atom stereocenters. The summed E-state index contributed by atoms with van der Waals surface area (Å²) < 4.78 is 0. The van der Waals surface area contributed by atoms with Gasteiger partial charge < -0.3 is 15.1 Å². The molecular weight excluding hydrogens is 262 g/mol. The van der Waals surface area contributed by atoms with Gasteiger partial charge in [-0.2, -0.15) is 0 Å². The van der Waals surface area contributed by atoms with Crippen LogP contribution in [0.25, 0.3) is 0 Å². The maximum Gasteiger partial charge on any atom is 0.256 e. The number of likely N-dealkylation sites (tertiary alicyclic amines) is 1. The van der Waals surface area contributed by atoms with Crippen LogP contribution in [0.3, 0.4) is 0 Å². The Morgan fingerprint density at radius 1 is 1.14 bits per heavy atom. The molecule has 3 aliphatic rings. The monoisotopic (exact) mass is 285 g/mol. The van der Waals surface area contributed by atoms with Crippen molar-refractivity contribution in [3.8, 4) is 0 Å². The molecule has 3 heterocycles. The lowest BCUT2D eigenvalue weighted by atomic mass is 10.1. The van der Waals surface area contributed by atoms with Gasteiger partial charge in [-0.15, -0.1) is 0 Å². The lowest BCUT2D eigenvalue weighted by Gasteiger charge is -2.24. The summed E-state index contributed by atoms with van der Waals surface area (Å²) in [7, 11) is 0. The molecule has 0 spiro atoms. The predicted molar refractivity (Wildman–Crippen MR) is 83.7 cm³/mol. The molecule has 0 aromatic heterocycles. The number of nitrogens with zero attached hydrogens (tertiary/aromatic N) is 2.